The smallest absolute Gasteiger partial charge is 0.225 e. The third-order valence-corrected chi connectivity index (χ3v) is 3.61. The van der Waals surface area contributed by atoms with E-state index in [2.05, 4.69) is 39.1 Å². The van der Waals surface area contributed by atoms with Gasteiger partial charge in [-0.1, -0.05) is 24.3 Å². The van der Waals surface area contributed by atoms with E-state index in [1.54, 1.807) is 6.20 Å². The summed E-state index contributed by atoms with van der Waals surface area (Å²) in [6.07, 6.45) is 3.89. The van der Waals surface area contributed by atoms with Crippen LogP contribution in [0.5, 0.6) is 0 Å². The Morgan fingerprint density at radius 3 is 2.37 bits per heavy atom. The summed E-state index contributed by atoms with van der Waals surface area (Å²) < 4.78 is 0. The van der Waals surface area contributed by atoms with Crippen LogP contribution in [-0.4, -0.2) is 23.1 Å². The first kappa shape index (κ1) is 12.1. The van der Waals surface area contributed by atoms with E-state index in [-0.39, 0.29) is 0 Å². The second-order valence-corrected chi connectivity index (χ2v) is 4.81. The summed E-state index contributed by atoms with van der Waals surface area (Å²) in [5.41, 5.74) is 9.42. The van der Waals surface area contributed by atoms with E-state index < -0.39 is 0 Å². The first-order valence-corrected chi connectivity index (χ1v) is 6.70. The first-order valence-electron chi connectivity index (χ1n) is 6.70. The van der Waals surface area contributed by atoms with Crippen LogP contribution >= 0.6 is 0 Å². The SMILES string of the molecule is NCc1ccnc(N2CCc3ccccc3CC2)n1. The Balaban J connectivity index is 1.81. The van der Waals surface area contributed by atoms with Crippen LogP contribution in [0.15, 0.2) is 36.5 Å². The van der Waals surface area contributed by atoms with Gasteiger partial charge < -0.3 is 10.6 Å². The Hall–Kier alpha value is -1.94. The molecule has 0 atom stereocenters. The summed E-state index contributed by atoms with van der Waals surface area (Å²) >= 11 is 0. The van der Waals surface area contributed by atoms with Gasteiger partial charge in [-0.15, -0.1) is 0 Å². The minimum Gasteiger partial charge on any atom is -0.340 e. The topological polar surface area (TPSA) is 55.0 Å². The number of nitrogens with zero attached hydrogens (tertiary/aromatic N) is 3. The van der Waals surface area contributed by atoms with Crippen molar-refractivity contribution in [1.82, 2.24) is 9.97 Å². The lowest BCUT2D eigenvalue weighted by Gasteiger charge is -2.20. The Morgan fingerprint density at radius 1 is 1.05 bits per heavy atom. The fourth-order valence-electron chi connectivity index (χ4n) is 2.52. The molecule has 0 unspecified atom stereocenters. The zero-order chi connectivity index (χ0) is 13.1. The lowest BCUT2D eigenvalue weighted by molar-refractivity contribution is 0.764. The van der Waals surface area contributed by atoms with Gasteiger partial charge in [0, 0.05) is 25.8 Å². The molecule has 0 fully saturated rings. The number of nitrogens with two attached hydrogens (primary N) is 1. The van der Waals surface area contributed by atoms with Crippen LogP contribution in [0, 0.1) is 0 Å². The maximum Gasteiger partial charge on any atom is 0.225 e. The highest BCUT2D eigenvalue weighted by Crippen LogP contribution is 2.18. The van der Waals surface area contributed by atoms with E-state index in [1.165, 1.54) is 11.1 Å². The summed E-state index contributed by atoms with van der Waals surface area (Å²) in [5, 5.41) is 0. The van der Waals surface area contributed by atoms with Crippen LogP contribution in [-0.2, 0) is 19.4 Å². The van der Waals surface area contributed by atoms with Crippen molar-refractivity contribution >= 4 is 5.95 Å². The molecule has 4 heteroatoms. The molecule has 0 saturated carbocycles. The lowest BCUT2D eigenvalue weighted by atomic mass is 10.0. The largest absolute Gasteiger partial charge is 0.340 e. The van der Waals surface area contributed by atoms with E-state index in [1.807, 2.05) is 6.07 Å². The average Bonchev–Trinajstić information content (AvgIpc) is 2.70. The molecule has 2 heterocycles. The van der Waals surface area contributed by atoms with Crippen molar-refractivity contribution in [2.24, 2.45) is 5.73 Å². The highest BCUT2D eigenvalue weighted by Gasteiger charge is 2.15. The van der Waals surface area contributed by atoms with E-state index in [4.69, 9.17) is 5.73 Å². The number of hydrogen-bond donors (Lipinski definition) is 1. The first-order chi connectivity index (χ1) is 9.36. The van der Waals surface area contributed by atoms with Gasteiger partial charge in [0.2, 0.25) is 5.95 Å². The standard InChI is InChI=1S/C15H18N4/c16-11-14-5-8-17-15(18-14)19-9-6-12-3-1-2-4-13(12)7-10-19/h1-5,8H,6-7,9-11,16H2. The van der Waals surface area contributed by atoms with Gasteiger partial charge in [-0.3, -0.25) is 0 Å². The molecule has 1 aromatic heterocycles. The van der Waals surface area contributed by atoms with Crippen molar-refractivity contribution < 1.29 is 0 Å². The van der Waals surface area contributed by atoms with Gasteiger partial charge >= 0.3 is 0 Å². The number of fused-ring (bicyclic) bond motifs is 1. The summed E-state index contributed by atoms with van der Waals surface area (Å²) in [6, 6.07) is 10.5. The second kappa shape index (κ2) is 5.36. The minimum atomic E-state index is 0.462. The molecule has 2 N–H and O–H groups in total. The van der Waals surface area contributed by atoms with Crippen molar-refractivity contribution in [3.05, 3.63) is 53.3 Å². The van der Waals surface area contributed by atoms with Gasteiger partial charge in [0.25, 0.3) is 0 Å². The summed E-state index contributed by atoms with van der Waals surface area (Å²) in [6.45, 7) is 2.39. The number of rotatable bonds is 2. The maximum atomic E-state index is 5.64. The molecule has 19 heavy (non-hydrogen) atoms. The fraction of sp³-hybridized carbons (Fsp3) is 0.333. The predicted molar refractivity (Wildman–Crippen MR) is 76.0 cm³/mol. The van der Waals surface area contributed by atoms with Gasteiger partial charge in [-0.05, 0) is 30.0 Å². The van der Waals surface area contributed by atoms with Crippen molar-refractivity contribution in [1.29, 1.82) is 0 Å². The van der Waals surface area contributed by atoms with Crippen LogP contribution < -0.4 is 10.6 Å². The lowest BCUT2D eigenvalue weighted by Crippen LogP contribution is -2.28. The Bertz CT molecular complexity index is 541. The van der Waals surface area contributed by atoms with Crippen molar-refractivity contribution in [2.75, 3.05) is 18.0 Å². The molecule has 0 spiro atoms. The Morgan fingerprint density at radius 2 is 1.74 bits per heavy atom. The summed E-state index contributed by atoms with van der Waals surface area (Å²) in [5.74, 6) is 0.802. The molecule has 1 aromatic carbocycles. The van der Waals surface area contributed by atoms with E-state index in [0.29, 0.717) is 6.54 Å². The van der Waals surface area contributed by atoms with Crippen LogP contribution in [0.25, 0.3) is 0 Å². The fourth-order valence-corrected chi connectivity index (χ4v) is 2.52. The van der Waals surface area contributed by atoms with Crippen molar-refractivity contribution in [3.8, 4) is 0 Å². The molecule has 0 saturated heterocycles. The summed E-state index contributed by atoms with van der Waals surface area (Å²) in [4.78, 5) is 11.1. The van der Waals surface area contributed by atoms with Gasteiger partial charge in [-0.25, -0.2) is 9.97 Å². The van der Waals surface area contributed by atoms with Crippen molar-refractivity contribution in [3.63, 3.8) is 0 Å². The molecular formula is C15H18N4. The van der Waals surface area contributed by atoms with E-state index in [0.717, 1.165) is 37.6 Å². The number of aromatic nitrogens is 2. The second-order valence-electron chi connectivity index (χ2n) is 4.81. The highest BCUT2D eigenvalue weighted by atomic mass is 15.2. The van der Waals surface area contributed by atoms with Crippen molar-refractivity contribution in [2.45, 2.75) is 19.4 Å². The number of hydrogen-bond acceptors (Lipinski definition) is 4. The summed E-state index contributed by atoms with van der Waals surface area (Å²) in [7, 11) is 0. The molecule has 4 nitrogen and oxygen atoms in total. The monoisotopic (exact) mass is 254 g/mol. The third-order valence-electron chi connectivity index (χ3n) is 3.61. The normalized spacial score (nSPS) is 14.9. The van der Waals surface area contributed by atoms with Crippen LogP contribution in [0.2, 0.25) is 0 Å². The van der Waals surface area contributed by atoms with E-state index >= 15 is 0 Å². The molecule has 3 rings (SSSR count). The molecule has 0 aliphatic carbocycles. The molecule has 1 aliphatic heterocycles. The van der Waals surface area contributed by atoms with E-state index in [9.17, 15) is 0 Å². The molecule has 0 bridgehead atoms. The highest BCUT2D eigenvalue weighted by molar-refractivity contribution is 5.36. The number of benzene rings is 1. The van der Waals surface area contributed by atoms with Gasteiger partial charge in [0.1, 0.15) is 0 Å². The van der Waals surface area contributed by atoms with Gasteiger partial charge in [0.05, 0.1) is 5.69 Å². The average molecular weight is 254 g/mol. The van der Waals surface area contributed by atoms with Crippen LogP contribution in [0.4, 0.5) is 5.95 Å². The minimum absolute atomic E-state index is 0.462. The van der Waals surface area contributed by atoms with Gasteiger partial charge in [-0.2, -0.15) is 0 Å². The maximum absolute atomic E-state index is 5.64. The number of anilines is 1. The quantitative estimate of drug-likeness (QED) is 0.883. The zero-order valence-corrected chi connectivity index (χ0v) is 10.9. The molecule has 2 aromatic rings. The Kier molecular flexibility index (Phi) is 3.42. The predicted octanol–water partition coefficient (Wildman–Crippen LogP) is 1.54. The van der Waals surface area contributed by atoms with Gasteiger partial charge in [0.15, 0.2) is 0 Å². The molecule has 98 valence electrons. The molecule has 1 aliphatic rings. The van der Waals surface area contributed by atoms with Crippen LogP contribution in [0.3, 0.4) is 0 Å². The molecule has 0 radical (unpaired) electrons. The Labute approximate surface area is 113 Å². The zero-order valence-electron chi connectivity index (χ0n) is 10.9. The third kappa shape index (κ3) is 2.58. The molecule has 0 amide bonds. The van der Waals surface area contributed by atoms with Crippen LogP contribution in [0.1, 0.15) is 16.8 Å². The molecular weight excluding hydrogens is 236 g/mol.